The lowest BCUT2D eigenvalue weighted by Gasteiger charge is -2.42. The molecule has 6 aromatic rings. The Morgan fingerprint density at radius 1 is 0.424 bits per heavy atom. The molecule has 0 N–H and O–H groups in total. The van der Waals surface area contributed by atoms with E-state index in [1.807, 2.05) is 146 Å². The van der Waals surface area contributed by atoms with E-state index in [2.05, 4.69) is 0 Å². The van der Waals surface area contributed by atoms with Gasteiger partial charge in [-0.3, -0.25) is 8.47 Å². The molecule has 0 amide bonds. The predicted molar refractivity (Wildman–Crippen MR) is 233 cm³/mol. The molecule has 0 atom stereocenters. The Bertz CT molecular complexity index is 2770. The monoisotopic (exact) mass is 838 g/mol. The normalized spacial score (nSPS) is 19.0. The maximum Gasteiger partial charge on any atom is 0.588 e. The van der Waals surface area contributed by atoms with E-state index in [-0.39, 0.29) is 0 Å². The van der Waals surface area contributed by atoms with Crippen molar-refractivity contribution in [3.63, 3.8) is 0 Å². The summed E-state index contributed by atoms with van der Waals surface area (Å²) in [5, 5.41) is 3.17. The van der Waals surface area contributed by atoms with Crippen LogP contribution in [0.25, 0.3) is 21.5 Å². The quantitative estimate of drug-likeness (QED) is 0.126. The molecule has 4 aliphatic rings. The largest absolute Gasteiger partial charge is 0.588 e. The van der Waals surface area contributed by atoms with E-state index < -0.39 is 26.5 Å². The summed E-state index contributed by atoms with van der Waals surface area (Å²) >= 11 is 0. The molecule has 298 valence electrons. The summed E-state index contributed by atoms with van der Waals surface area (Å²) in [6, 6.07) is 32.1. The topological polar surface area (TPSA) is 139 Å². The average molecular weight is 839 g/mol. The highest BCUT2D eigenvalue weighted by atomic mass is 28.5. The standard InChI is InChI=1S/C42H42N8O6Si3/c1-7-51-57(5,52-8-2)55-59(56-58(6,53-9-3)54-10-4)49-39-31-23-15-16-24-32(31)41(49)47-37-29-21-13-14-22-30(29)38(44-37)48-42-34-26-18-17-25-33(34)40(50(42)59)46-36-28-20-12-11-19-27(28)35(43-36)45-39/h11-26H,7-10H2,1-6H3/b45-35-,45-39?,46-36?,46-40-,47-37-,47-41?,48-38?,48-42-. The molecule has 6 heterocycles. The first kappa shape index (κ1) is 37.9. The SMILES string of the molecule is CCO[Si](C)(OCC)O[Si]1(O[Si](C)(OCC)OCC)n2c3c4ccccc4c2/N=C2N=C(/N=c4/c5ccccc5/c(n41)=N/C1=NC(=N\3)/c3ccccc31)c1ccccc1\2. The fourth-order valence-electron chi connectivity index (χ4n) is 8.37. The van der Waals surface area contributed by atoms with Crippen molar-refractivity contribution in [3.8, 4) is 0 Å². The Balaban J connectivity index is 1.52. The lowest BCUT2D eigenvalue weighted by molar-refractivity contribution is 0.0786. The Hall–Kier alpha value is -5.35. The first-order valence-corrected chi connectivity index (χ1v) is 26.1. The van der Waals surface area contributed by atoms with Gasteiger partial charge in [0.25, 0.3) is 0 Å². The van der Waals surface area contributed by atoms with Crippen LogP contribution in [-0.2, 0) is 25.9 Å². The third-order valence-electron chi connectivity index (χ3n) is 10.6. The number of benzene rings is 4. The maximum atomic E-state index is 7.84. The molecule has 0 fully saturated rings. The van der Waals surface area contributed by atoms with E-state index >= 15 is 0 Å². The molecule has 2 aromatic heterocycles. The predicted octanol–water partition coefficient (Wildman–Crippen LogP) is 6.69. The van der Waals surface area contributed by atoms with Crippen molar-refractivity contribution in [1.29, 1.82) is 0 Å². The molecule has 0 radical (unpaired) electrons. The van der Waals surface area contributed by atoms with Gasteiger partial charge < -0.3 is 25.9 Å². The van der Waals surface area contributed by atoms with Crippen LogP contribution in [0.5, 0.6) is 0 Å². The molecule has 14 nitrogen and oxygen atoms in total. The van der Waals surface area contributed by atoms with Crippen LogP contribution in [0.4, 0.5) is 11.6 Å². The molecule has 4 aromatic carbocycles. The minimum Gasteiger partial charge on any atom is -0.374 e. The summed E-state index contributed by atoms with van der Waals surface area (Å²) in [7, 11) is -12.1. The number of aliphatic imine (C=N–C) groups is 4. The summed E-state index contributed by atoms with van der Waals surface area (Å²) in [6.45, 7) is 12.8. The van der Waals surface area contributed by atoms with Crippen LogP contribution in [0, 0.1) is 0 Å². The van der Waals surface area contributed by atoms with Gasteiger partial charge in [0.05, 0.1) is 0 Å². The molecule has 0 unspecified atom stereocenters. The highest BCUT2D eigenvalue weighted by Crippen LogP contribution is 2.45. The van der Waals surface area contributed by atoms with E-state index in [1.54, 1.807) is 0 Å². The van der Waals surface area contributed by atoms with Gasteiger partial charge in [-0.25, -0.2) is 30.0 Å². The summed E-state index contributed by atoms with van der Waals surface area (Å²) in [5.74, 6) is 2.96. The van der Waals surface area contributed by atoms with Crippen molar-refractivity contribution in [2.45, 2.75) is 40.8 Å². The van der Waals surface area contributed by atoms with Crippen molar-refractivity contribution in [2.75, 3.05) is 26.4 Å². The first-order valence-electron chi connectivity index (χ1n) is 20.0. The molecule has 0 aliphatic carbocycles. The lowest BCUT2D eigenvalue weighted by atomic mass is 10.1. The minimum atomic E-state index is -4.68. The van der Waals surface area contributed by atoms with Crippen LogP contribution < -0.4 is 11.0 Å². The van der Waals surface area contributed by atoms with Crippen LogP contribution in [0.15, 0.2) is 127 Å². The Morgan fingerprint density at radius 2 is 0.746 bits per heavy atom. The fourth-order valence-corrected chi connectivity index (χ4v) is 19.4. The number of aromatic nitrogens is 2. The highest BCUT2D eigenvalue weighted by Gasteiger charge is 2.62. The van der Waals surface area contributed by atoms with Gasteiger partial charge in [0, 0.05) is 83.3 Å². The molecule has 0 saturated heterocycles. The highest BCUT2D eigenvalue weighted by molar-refractivity contribution is 6.82. The second-order valence-electron chi connectivity index (χ2n) is 14.3. The van der Waals surface area contributed by atoms with Gasteiger partial charge in [-0.05, 0) is 27.7 Å². The third-order valence-corrected chi connectivity index (χ3v) is 20.9. The molecular formula is C42H42N8O6Si3. The number of rotatable bonds is 12. The van der Waals surface area contributed by atoms with Crippen LogP contribution in [0.3, 0.4) is 0 Å². The zero-order valence-electron chi connectivity index (χ0n) is 33.6. The van der Waals surface area contributed by atoms with E-state index in [0.29, 0.717) is 72.4 Å². The van der Waals surface area contributed by atoms with Gasteiger partial charge in [-0.2, -0.15) is 0 Å². The first-order chi connectivity index (χ1) is 28.7. The van der Waals surface area contributed by atoms with Gasteiger partial charge in [0.1, 0.15) is 22.6 Å². The lowest BCUT2D eigenvalue weighted by Crippen LogP contribution is -2.72. The molecule has 6 bridgehead atoms. The fraction of sp³-hybridized carbons (Fsp3) is 0.238. The van der Waals surface area contributed by atoms with Crippen molar-refractivity contribution in [2.24, 2.45) is 30.0 Å². The summed E-state index contributed by atoms with van der Waals surface area (Å²) < 4.78 is 46.1. The number of hydrogen-bond acceptors (Lipinski definition) is 12. The molecule has 59 heavy (non-hydrogen) atoms. The van der Waals surface area contributed by atoms with E-state index in [0.717, 1.165) is 43.8 Å². The molecule has 0 spiro atoms. The van der Waals surface area contributed by atoms with Crippen LogP contribution >= 0.6 is 0 Å². The van der Waals surface area contributed by atoms with Gasteiger partial charge in [-0.15, -0.1) is 0 Å². The summed E-state index contributed by atoms with van der Waals surface area (Å²) in [6.07, 6.45) is 0. The minimum absolute atomic E-state index is 0.317. The molecular weight excluding hydrogens is 797 g/mol. The van der Waals surface area contributed by atoms with Crippen LogP contribution in [0.1, 0.15) is 49.9 Å². The van der Waals surface area contributed by atoms with Crippen molar-refractivity contribution in [3.05, 3.63) is 130 Å². The average Bonchev–Trinajstić information content (AvgIpc) is 3.94. The van der Waals surface area contributed by atoms with Crippen molar-refractivity contribution in [1.82, 2.24) is 8.47 Å². The Morgan fingerprint density at radius 3 is 1.10 bits per heavy atom. The third kappa shape index (κ3) is 5.95. The molecule has 4 aliphatic heterocycles. The number of fused-ring (bicyclic) bond motifs is 14. The summed E-state index contributed by atoms with van der Waals surface area (Å²) in [5.41, 5.74) is 4.37. The number of nitrogens with zero attached hydrogens (tertiary/aromatic N) is 8. The zero-order valence-corrected chi connectivity index (χ0v) is 36.6. The van der Waals surface area contributed by atoms with E-state index in [9.17, 15) is 0 Å². The number of amidine groups is 4. The van der Waals surface area contributed by atoms with Gasteiger partial charge in [0.2, 0.25) is 0 Å². The van der Waals surface area contributed by atoms with Gasteiger partial charge in [0.15, 0.2) is 23.3 Å². The maximum absolute atomic E-state index is 7.84. The van der Waals surface area contributed by atoms with Crippen molar-refractivity contribution < 1.29 is 25.9 Å². The second-order valence-corrected chi connectivity index (χ2v) is 22.6. The molecule has 10 rings (SSSR count). The second kappa shape index (κ2) is 14.4. The molecule has 17 heteroatoms. The van der Waals surface area contributed by atoms with E-state index in [4.69, 9.17) is 55.9 Å². The Labute approximate surface area is 343 Å². The van der Waals surface area contributed by atoms with Crippen molar-refractivity contribution >= 4 is 83.0 Å². The van der Waals surface area contributed by atoms with Gasteiger partial charge >= 0.3 is 26.5 Å². The molecule has 0 saturated carbocycles. The smallest absolute Gasteiger partial charge is 0.374 e. The number of hydrogen-bond donors (Lipinski definition) is 0. The van der Waals surface area contributed by atoms with Gasteiger partial charge in [-0.1, -0.05) is 97.1 Å². The zero-order chi connectivity index (χ0) is 40.5. The van der Waals surface area contributed by atoms with Crippen LogP contribution in [-0.4, -0.2) is 84.7 Å². The van der Waals surface area contributed by atoms with E-state index in [1.165, 1.54) is 0 Å². The Kier molecular flexibility index (Phi) is 9.27. The van der Waals surface area contributed by atoms with Crippen LogP contribution in [0.2, 0.25) is 13.1 Å². The summed E-state index contributed by atoms with van der Waals surface area (Å²) in [4.78, 5) is 32.3.